The number of H-pyrrole nitrogens is 1. The Hall–Kier alpha value is -1.62. The molecule has 0 aliphatic heterocycles. The molecule has 0 saturated carbocycles. The van der Waals surface area contributed by atoms with E-state index in [4.69, 9.17) is 0 Å². The van der Waals surface area contributed by atoms with E-state index in [-0.39, 0.29) is 0 Å². The van der Waals surface area contributed by atoms with Crippen LogP contribution in [0.1, 0.15) is 11.4 Å². The molecule has 5 heteroatoms. The molecule has 0 aliphatic carbocycles. The van der Waals surface area contributed by atoms with Crippen LogP contribution in [0.25, 0.3) is 0 Å². The molecule has 0 atom stereocenters. The van der Waals surface area contributed by atoms with E-state index in [1.807, 2.05) is 25.6 Å². The predicted molar refractivity (Wildman–Crippen MR) is 52.3 cm³/mol. The van der Waals surface area contributed by atoms with Gasteiger partial charge >= 0.3 is 0 Å². The summed E-state index contributed by atoms with van der Waals surface area (Å²) in [6.45, 7) is 1.57. The first-order valence-corrected chi connectivity index (χ1v) is 4.51. The fraction of sp³-hybridized carbons (Fsp3) is 0.333. The molecule has 0 spiro atoms. The monoisotopic (exact) mass is 191 g/mol. The van der Waals surface area contributed by atoms with Crippen LogP contribution in [0.5, 0.6) is 0 Å². The van der Waals surface area contributed by atoms with Gasteiger partial charge in [0.1, 0.15) is 5.82 Å². The number of imidazole rings is 1. The Labute approximate surface area is 82.2 Å². The molecule has 0 radical (unpaired) electrons. The molecular weight excluding hydrogens is 178 g/mol. The molecule has 0 aromatic carbocycles. The van der Waals surface area contributed by atoms with Crippen LogP contribution in [0, 0.1) is 0 Å². The van der Waals surface area contributed by atoms with Crippen LogP contribution in [0.15, 0.2) is 24.8 Å². The second-order valence-corrected chi connectivity index (χ2v) is 3.16. The summed E-state index contributed by atoms with van der Waals surface area (Å²) in [6, 6.07) is 0. The number of aryl methyl sites for hydroxylation is 1. The van der Waals surface area contributed by atoms with Gasteiger partial charge in [-0.1, -0.05) is 0 Å². The number of aromatic nitrogens is 4. The average molecular weight is 191 g/mol. The fourth-order valence-electron chi connectivity index (χ4n) is 1.28. The summed E-state index contributed by atoms with van der Waals surface area (Å²) in [5.74, 6) is 0.953. The topological polar surface area (TPSA) is 58.5 Å². The van der Waals surface area contributed by atoms with Crippen molar-refractivity contribution < 1.29 is 0 Å². The average Bonchev–Trinajstić information content (AvgIpc) is 2.77. The summed E-state index contributed by atoms with van der Waals surface area (Å²) in [5.41, 5.74) is 1.18. The number of hydrogen-bond donors (Lipinski definition) is 2. The Morgan fingerprint density at radius 2 is 2.43 bits per heavy atom. The Bertz CT molecular complexity index is 376. The number of hydrogen-bond acceptors (Lipinski definition) is 3. The van der Waals surface area contributed by atoms with Gasteiger partial charge in [-0.15, -0.1) is 0 Å². The lowest BCUT2D eigenvalue weighted by Crippen LogP contribution is -2.13. The van der Waals surface area contributed by atoms with Gasteiger partial charge < -0.3 is 10.3 Å². The molecule has 74 valence electrons. The highest BCUT2D eigenvalue weighted by atomic mass is 15.2. The first-order chi connectivity index (χ1) is 6.84. The Balaban J connectivity index is 1.78. The van der Waals surface area contributed by atoms with Gasteiger partial charge in [-0.2, -0.15) is 5.10 Å². The van der Waals surface area contributed by atoms with Gasteiger partial charge in [0, 0.05) is 37.7 Å². The van der Waals surface area contributed by atoms with Crippen molar-refractivity contribution in [2.45, 2.75) is 13.1 Å². The number of nitrogens with zero attached hydrogens (tertiary/aromatic N) is 3. The van der Waals surface area contributed by atoms with Crippen molar-refractivity contribution in [2.75, 3.05) is 0 Å². The first-order valence-electron chi connectivity index (χ1n) is 4.51. The molecule has 2 rings (SSSR count). The van der Waals surface area contributed by atoms with Crippen molar-refractivity contribution in [1.82, 2.24) is 25.1 Å². The van der Waals surface area contributed by atoms with E-state index < -0.39 is 0 Å². The van der Waals surface area contributed by atoms with Crippen LogP contribution < -0.4 is 5.32 Å². The maximum Gasteiger partial charge on any atom is 0.120 e. The SMILES string of the molecule is Cn1cc(CNCc2ncc[nH]2)cn1. The minimum absolute atomic E-state index is 0.752. The molecule has 0 fully saturated rings. The van der Waals surface area contributed by atoms with E-state index in [0.717, 1.165) is 18.9 Å². The summed E-state index contributed by atoms with van der Waals surface area (Å²) < 4.78 is 1.80. The molecular formula is C9H13N5. The van der Waals surface area contributed by atoms with Gasteiger partial charge in [0.05, 0.1) is 12.7 Å². The maximum atomic E-state index is 4.11. The normalized spacial score (nSPS) is 10.6. The van der Waals surface area contributed by atoms with Crippen LogP contribution >= 0.6 is 0 Å². The minimum atomic E-state index is 0.752. The maximum absolute atomic E-state index is 4.11. The van der Waals surface area contributed by atoms with Crippen LogP contribution in [0.2, 0.25) is 0 Å². The third kappa shape index (κ3) is 2.20. The van der Waals surface area contributed by atoms with Gasteiger partial charge in [0.15, 0.2) is 0 Å². The molecule has 2 heterocycles. The van der Waals surface area contributed by atoms with Crippen LogP contribution in [0.4, 0.5) is 0 Å². The predicted octanol–water partition coefficient (Wildman–Crippen LogP) is 0.433. The van der Waals surface area contributed by atoms with Crippen molar-refractivity contribution in [3.8, 4) is 0 Å². The highest BCUT2D eigenvalue weighted by Gasteiger charge is 1.96. The van der Waals surface area contributed by atoms with E-state index in [2.05, 4.69) is 20.4 Å². The van der Waals surface area contributed by atoms with Gasteiger partial charge in [0.25, 0.3) is 0 Å². The van der Waals surface area contributed by atoms with Crippen LogP contribution in [-0.2, 0) is 20.1 Å². The Morgan fingerprint density at radius 1 is 1.50 bits per heavy atom. The summed E-state index contributed by atoms with van der Waals surface area (Å²) >= 11 is 0. The summed E-state index contributed by atoms with van der Waals surface area (Å²) in [4.78, 5) is 7.15. The van der Waals surface area contributed by atoms with Crippen molar-refractivity contribution in [3.05, 3.63) is 36.2 Å². The van der Waals surface area contributed by atoms with Crippen molar-refractivity contribution in [2.24, 2.45) is 7.05 Å². The molecule has 0 bridgehead atoms. The molecule has 14 heavy (non-hydrogen) atoms. The Kier molecular flexibility index (Phi) is 2.60. The highest BCUT2D eigenvalue weighted by molar-refractivity contribution is 5.03. The van der Waals surface area contributed by atoms with Crippen LogP contribution in [0.3, 0.4) is 0 Å². The zero-order valence-electron chi connectivity index (χ0n) is 8.07. The second kappa shape index (κ2) is 4.06. The summed E-state index contributed by atoms with van der Waals surface area (Å²) in [7, 11) is 1.91. The lowest BCUT2D eigenvalue weighted by atomic mass is 10.3. The van der Waals surface area contributed by atoms with Gasteiger partial charge in [-0.25, -0.2) is 4.98 Å². The third-order valence-electron chi connectivity index (χ3n) is 1.93. The molecule has 2 aromatic rings. The quantitative estimate of drug-likeness (QED) is 0.737. The van der Waals surface area contributed by atoms with Crippen molar-refractivity contribution in [3.63, 3.8) is 0 Å². The zero-order valence-corrected chi connectivity index (χ0v) is 8.07. The van der Waals surface area contributed by atoms with Crippen LogP contribution in [-0.4, -0.2) is 19.7 Å². The van der Waals surface area contributed by atoms with E-state index in [1.54, 1.807) is 10.9 Å². The largest absolute Gasteiger partial charge is 0.348 e. The molecule has 5 nitrogen and oxygen atoms in total. The molecule has 0 aliphatic rings. The second-order valence-electron chi connectivity index (χ2n) is 3.16. The molecule has 0 amide bonds. The van der Waals surface area contributed by atoms with Gasteiger partial charge in [-0.05, 0) is 0 Å². The lowest BCUT2D eigenvalue weighted by Gasteiger charge is -1.98. The Morgan fingerprint density at radius 3 is 3.07 bits per heavy atom. The van der Waals surface area contributed by atoms with Gasteiger partial charge in [-0.3, -0.25) is 4.68 Å². The zero-order chi connectivity index (χ0) is 9.80. The van der Waals surface area contributed by atoms with Gasteiger partial charge in [0.2, 0.25) is 0 Å². The number of nitrogens with one attached hydrogen (secondary N) is 2. The van der Waals surface area contributed by atoms with E-state index in [1.165, 1.54) is 5.56 Å². The van der Waals surface area contributed by atoms with E-state index in [0.29, 0.717) is 0 Å². The number of rotatable bonds is 4. The van der Waals surface area contributed by atoms with Crippen molar-refractivity contribution in [1.29, 1.82) is 0 Å². The smallest absolute Gasteiger partial charge is 0.120 e. The van der Waals surface area contributed by atoms with E-state index >= 15 is 0 Å². The highest BCUT2D eigenvalue weighted by Crippen LogP contribution is 1.95. The minimum Gasteiger partial charge on any atom is -0.348 e. The van der Waals surface area contributed by atoms with Crippen molar-refractivity contribution >= 4 is 0 Å². The van der Waals surface area contributed by atoms with E-state index in [9.17, 15) is 0 Å². The first kappa shape index (κ1) is 8.96. The molecule has 2 aromatic heterocycles. The summed E-state index contributed by atoms with van der Waals surface area (Å²) in [5, 5.41) is 7.36. The molecule has 0 saturated heterocycles. The third-order valence-corrected chi connectivity index (χ3v) is 1.93. The fourth-order valence-corrected chi connectivity index (χ4v) is 1.28. The molecule has 2 N–H and O–H groups in total. The summed E-state index contributed by atoms with van der Waals surface area (Å²) in [6.07, 6.45) is 7.42. The standard InChI is InChI=1S/C9H13N5/c1-14-7-8(5-13-14)4-10-6-9-11-2-3-12-9/h2-3,5,7,10H,4,6H2,1H3,(H,11,12). The number of aromatic amines is 1. The lowest BCUT2D eigenvalue weighted by molar-refractivity contribution is 0.668. The molecule has 0 unspecified atom stereocenters.